The number of anilines is 2. The molecular weight excluding hydrogens is 382 g/mol. The van der Waals surface area contributed by atoms with Crippen molar-refractivity contribution in [2.24, 2.45) is 0 Å². The smallest absolute Gasteiger partial charge is 0.158 e. The second kappa shape index (κ2) is 10.9. The van der Waals surface area contributed by atoms with Gasteiger partial charge < -0.3 is 14.8 Å². The number of hydrogen-bond donors (Lipinski definition) is 2. The van der Waals surface area contributed by atoms with Crippen LogP contribution in [0.4, 0.5) is 11.6 Å². The number of aromatic amines is 1. The molecule has 0 atom stereocenters. The van der Waals surface area contributed by atoms with Crippen LogP contribution in [0.5, 0.6) is 5.75 Å². The van der Waals surface area contributed by atoms with Gasteiger partial charge in [0.1, 0.15) is 17.6 Å². The molecule has 3 heterocycles. The summed E-state index contributed by atoms with van der Waals surface area (Å²) >= 11 is 0. The lowest BCUT2D eigenvalue weighted by Gasteiger charge is -2.24. The number of hydrogen-bond acceptors (Lipinski definition) is 8. The Labute approximate surface area is 175 Å². The fourth-order valence-electron chi connectivity index (χ4n) is 2.89. The maximum atomic E-state index is 8.69. The van der Waals surface area contributed by atoms with Crippen LogP contribution in [0.25, 0.3) is 11.3 Å². The molecule has 1 aliphatic heterocycles. The van der Waals surface area contributed by atoms with Crippen LogP contribution in [0.3, 0.4) is 0 Å². The van der Waals surface area contributed by atoms with E-state index in [1.165, 1.54) is 18.9 Å². The number of rotatable bonds is 5. The van der Waals surface area contributed by atoms with Crippen LogP contribution in [0, 0.1) is 11.3 Å². The van der Waals surface area contributed by atoms with Crippen LogP contribution in [0.15, 0.2) is 42.7 Å². The molecule has 156 valence electrons. The fourth-order valence-corrected chi connectivity index (χ4v) is 2.89. The SMILES string of the molecule is CCN1CCOCC1.COc1ccccc1-c1cc(Nc2cnc(C#N)cn2)n[nH]1. The van der Waals surface area contributed by atoms with E-state index in [1.54, 1.807) is 7.11 Å². The number of nitrogens with one attached hydrogen (secondary N) is 2. The third kappa shape index (κ3) is 5.76. The molecule has 9 heteroatoms. The average Bonchev–Trinajstić information content (AvgIpc) is 3.28. The first-order chi connectivity index (χ1) is 14.7. The Balaban J connectivity index is 0.000000269. The van der Waals surface area contributed by atoms with Crippen molar-refractivity contribution in [2.45, 2.75) is 6.92 Å². The average molecular weight is 407 g/mol. The number of aromatic nitrogens is 4. The van der Waals surface area contributed by atoms with Crippen LogP contribution in [0.1, 0.15) is 12.6 Å². The summed E-state index contributed by atoms with van der Waals surface area (Å²) in [7, 11) is 1.63. The van der Waals surface area contributed by atoms with E-state index in [-0.39, 0.29) is 5.69 Å². The van der Waals surface area contributed by atoms with E-state index in [1.807, 2.05) is 36.4 Å². The molecule has 9 nitrogen and oxygen atoms in total. The Bertz CT molecular complexity index is 960. The maximum absolute atomic E-state index is 8.69. The van der Waals surface area contributed by atoms with Crippen molar-refractivity contribution in [3.63, 3.8) is 0 Å². The molecule has 0 unspecified atom stereocenters. The minimum Gasteiger partial charge on any atom is -0.496 e. The molecule has 1 fully saturated rings. The normalized spacial score (nSPS) is 13.6. The third-order valence-electron chi connectivity index (χ3n) is 4.55. The molecule has 1 aromatic carbocycles. The number of nitrogens with zero attached hydrogens (tertiary/aromatic N) is 5. The Morgan fingerprint density at radius 1 is 1.20 bits per heavy atom. The Morgan fingerprint density at radius 3 is 2.63 bits per heavy atom. The van der Waals surface area contributed by atoms with Crippen molar-refractivity contribution in [3.05, 3.63) is 48.4 Å². The zero-order valence-electron chi connectivity index (χ0n) is 17.1. The summed E-state index contributed by atoms with van der Waals surface area (Å²) in [5, 5.41) is 18.8. The van der Waals surface area contributed by atoms with Gasteiger partial charge in [0.25, 0.3) is 0 Å². The third-order valence-corrected chi connectivity index (χ3v) is 4.55. The van der Waals surface area contributed by atoms with Gasteiger partial charge in [0.15, 0.2) is 11.5 Å². The number of para-hydroxylation sites is 1. The molecule has 30 heavy (non-hydrogen) atoms. The van der Waals surface area contributed by atoms with Gasteiger partial charge in [-0.3, -0.25) is 10.00 Å². The second-order valence-corrected chi connectivity index (χ2v) is 6.44. The monoisotopic (exact) mass is 407 g/mol. The quantitative estimate of drug-likeness (QED) is 0.664. The standard InChI is InChI=1S/C15H12N6O.C6H13NO/c1-22-13-5-3-2-4-11(13)12-6-14(21-20-12)19-15-9-17-10(7-16)8-18-15;1-2-7-3-5-8-6-4-7/h2-6,8-9H,1H3,(H2,18,19,20,21);2-6H2,1H3. The summed E-state index contributed by atoms with van der Waals surface area (Å²) in [5.41, 5.74) is 2.00. The highest BCUT2D eigenvalue weighted by atomic mass is 16.5. The highest BCUT2D eigenvalue weighted by Crippen LogP contribution is 2.29. The number of ether oxygens (including phenoxy) is 2. The van der Waals surface area contributed by atoms with Crippen molar-refractivity contribution >= 4 is 11.6 Å². The van der Waals surface area contributed by atoms with Crippen molar-refractivity contribution < 1.29 is 9.47 Å². The van der Waals surface area contributed by atoms with E-state index >= 15 is 0 Å². The summed E-state index contributed by atoms with van der Waals surface area (Å²) in [6.45, 7) is 7.45. The van der Waals surface area contributed by atoms with Crippen molar-refractivity contribution in [1.29, 1.82) is 5.26 Å². The summed E-state index contributed by atoms with van der Waals surface area (Å²) in [4.78, 5) is 10.4. The topological polar surface area (TPSA) is 112 Å². The molecule has 2 aromatic heterocycles. The van der Waals surface area contributed by atoms with Gasteiger partial charge in [0.05, 0.1) is 38.4 Å². The molecular formula is C21H25N7O2. The van der Waals surface area contributed by atoms with Gasteiger partial charge >= 0.3 is 0 Å². The minimum atomic E-state index is 0.266. The van der Waals surface area contributed by atoms with Gasteiger partial charge in [-0.25, -0.2) is 9.97 Å². The lowest BCUT2D eigenvalue weighted by atomic mass is 10.1. The lowest BCUT2D eigenvalue weighted by molar-refractivity contribution is 0.0405. The number of H-pyrrole nitrogens is 1. The zero-order chi connectivity index (χ0) is 21.2. The Kier molecular flexibility index (Phi) is 7.71. The molecule has 3 aromatic rings. The Hall–Kier alpha value is -3.48. The lowest BCUT2D eigenvalue weighted by Crippen LogP contribution is -2.35. The van der Waals surface area contributed by atoms with Crippen molar-refractivity contribution in [3.8, 4) is 23.1 Å². The van der Waals surface area contributed by atoms with E-state index < -0.39 is 0 Å². The molecule has 0 saturated carbocycles. The maximum Gasteiger partial charge on any atom is 0.158 e. The predicted octanol–water partition coefficient (Wildman–Crippen LogP) is 2.83. The summed E-state index contributed by atoms with van der Waals surface area (Å²) in [6.07, 6.45) is 2.88. The van der Waals surface area contributed by atoms with E-state index in [4.69, 9.17) is 14.7 Å². The van der Waals surface area contributed by atoms with Gasteiger partial charge in [0.2, 0.25) is 0 Å². The minimum absolute atomic E-state index is 0.266. The van der Waals surface area contributed by atoms with Crippen LogP contribution >= 0.6 is 0 Å². The van der Waals surface area contributed by atoms with Crippen LogP contribution in [-0.4, -0.2) is 65.0 Å². The van der Waals surface area contributed by atoms with Gasteiger partial charge in [-0.05, 0) is 18.7 Å². The summed E-state index contributed by atoms with van der Waals surface area (Å²) in [5.74, 6) is 1.87. The van der Waals surface area contributed by atoms with Crippen molar-refractivity contribution in [2.75, 3.05) is 45.3 Å². The van der Waals surface area contributed by atoms with Crippen molar-refractivity contribution in [1.82, 2.24) is 25.1 Å². The summed E-state index contributed by atoms with van der Waals surface area (Å²) < 4.78 is 10.5. The van der Waals surface area contributed by atoms with Crippen LogP contribution in [0.2, 0.25) is 0 Å². The van der Waals surface area contributed by atoms with E-state index in [0.717, 1.165) is 43.3 Å². The highest BCUT2D eigenvalue weighted by Gasteiger charge is 2.09. The second-order valence-electron chi connectivity index (χ2n) is 6.44. The molecule has 0 bridgehead atoms. The Morgan fingerprint density at radius 2 is 2.00 bits per heavy atom. The van der Waals surface area contributed by atoms with Gasteiger partial charge in [-0.15, -0.1) is 0 Å². The molecule has 0 aliphatic carbocycles. The first kappa shape index (κ1) is 21.2. The van der Waals surface area contributed by atoms with Crippen LogP contribution < -0.4 is 10.1 Å². The molecule has 0 radical (unpaired) electrons. The number of methoxy groups -OCH3 is 1. The molecule has 4 rings (SSSR count). The van der Waals surface area contributed by atoms with Gasteiger partial charge in [0, 0.05) is 24.7 Å². The van der Waals surface area contributed by atoms with Gasteiger partial charge in [-0.2, -0.15) is 10.4 Å². The largest absolute Gasteiger partial charge is 0.496 e. The predicted molar refractivity (Wildman–Crippen MR) is 114 cm³/mol. The van der Waals surface area contributed by atoms with Crippen LogP contribution in [-0.2, 0) is 4.74 Å². The summed E-state index contributed by atoms with van der Waals surface area (Å²) in [6, 6.07) is 11.4. The zero-order valence-corrected chi connectivity index (χ0v) is 17.1. The highest BCUT2D eigenvalue weighted by molar-refractivity contribution is 5.70. The first-order valence-electron chi connectivity index (χ1n) is 9.71. The first-order valence-corrected chi connectivity index (χ1v) is 9.71. The number of likely N-dealkylation sites (N-methyl/N-ethyl adjacent to an activating group) is 1. The fraction of sp³-hybridized carbons (Fsp3) is 0.333. The van der Waals surface area contributed by atoms with E-state index in [9.17, 15) is 0 Å². The molecule has 0 spiro atoms. The van der Waals surface area contributed by atoms with E-state index in [2.05, 4.69) is 37.3 Å². The number of morpholine rings is 1. The van der Waals surface area contributed by atoms with Gasteiger partial charge in [-0.1, -0.05) is 19.1 Å². The van der Waals surface area contributed by atoms with E-state index in [0.29, 0.717) is 11.6 Å². The number of benzene rings is 1. The molecule has 1 saturated heterocycles. The molecule has 1 aliphatic rings. The molecule has 0 amide bonds. The molecule has 2 N–H and O–H groups in total. The number of nitriles is 1.